The predicted molar refractivity (Wildman–Crippen MR) is 71.1 cm³/mol. The Labute approximate surface area is 111 Å². The summed E-state index contributed by atoms with van der Waals surface area (Å²) in [5, 5.41) is 0. The molecule has 3 nitrogen and oxygen atoms in total. The number of rotatable bonds is 2. The Bertz CT molecular complexity index is 290. The molecule has 106 valence electrons. The third kappa shape index (κ3) is 3.06. The molecule has 0 saturated carbocycles. The van der Waals surface area contributed by atoms with Crippen molar-refractivity contribution in [1.29, 1.82) is 0 Å². The second kappa shape index (κ2) is 4.46. The average molecular weight is 256 g/mol. The molecule has 0 amide bonds. The summed E-state index contributed by atoms with van der Waals surface area (Å²) in [6.45, 7) is 14.9. The van der Waals surface area contributed by atoms with Gasteiger partial charge in [0.2, 0.25) is 0 Å². The Morgan fingerprint density at radius 3 is 2.00 bits per heavy atom. The van der Waals surface area contributed by atoms with E-state index in [1.54, 1.807) is 0 Å². The van der Waals surface area contributed by atoms with E-state index in [1.807, 2.05) is 0 Å². The Kier molecular flexibility index (Phi) is 3.54. The standard InChI is InChI=1S/C15H28O3/c1-13(2,3)7-8-15-16-9-11(10-17-15)12(18-15)14(4,5)6/h11-12H,7-10H2,1-6H3. The number of ether oxygens (including phenoxy) is 3. The summed E-state index contributed by atoms with van der Waals surface area (Å²) < 4.78 is 17.9. The van der Waals surface area contributed by atoms with Crippen LogP contribution >= 0.6 is 0 Å². The van der Waals surface area contributed by atoms with Crippen molar-refractivity contribution in [3.63, 3.8) is 0 Å². The van der Waals surface area contributed by atoms with E-state index in [0.717, 1.165) is 26.1 Å². The molecule has 3 heteroatoms. The maximum atomic E-state index is 6.19. The maximum Gasteiger partial charge on any atom is 0.283 e. The van der Waals surface area contributed by atoms with Gasteiger partial charge in [-0.15, -0.1) is 0 Å². The Morgan fingerprint density at radius 1 is 1.00 bits per heavy atom. The number of hydrogen-bond donors (Lipinski definition) is 0. The van der Waals surface area contributed by atoms with Crippen LogP contribution in [0.5, 0.6) is 0 Å². The van der Waals surface area contributed by atoms with Crippen LogP contribution in [0.15, 0.2) is 0 Å². The van der Waals surface area contributed by atoms with Gasteiger partial charge in [0, 0.05) is 12.3 Å². The van der Waals surface area contributed by atoms with Gasteiger partial charge in [-0.2, -0.15) is 0 Å². The number of hydrogen-bond acceptors (Lipinski definition) is 3. The summed E-state index contributed by atoms with van der Waals surface area (Å²) in [7, 11) is 0. The first-order valence-corrected chi connectivity index (χ1v) is 7.07. The average Bonchev–Trinajstić information content (AvgIpc) is 2.26. The topological polar surface area (TPSA) is 27.7 Å². The molecule has 0 aromatic carbocycles. The zero-order valence-electron chi connectivity index (χ0n) is 12.7. The summed E-state index contributed by atoms with van der Waals surface area (Å²) in [6.07, 6.45) is 2.09. The van der Waals surface area contributed by atoms with E-state index in [4.69, 9.17) is 14.2 Å². The van der Waals surface area contributed by atoms with Crippen LogP contribution in [0.1, 0.15) is 54.4 Å². The highest BCUT2D eigenvalue weighted by Crippen LogP contribution is 2.44. The lowest BCUT2D eigenvalue weighted by atomic mass is 9.80. The fraction of sp³-hybridized carbons (Fsp3) is 1.00. The molecule has 3 rings (SSSR count). The summed E-state index contributed by atoms with van der Waals surface area (Å²) in [6, 6.07) is 0. The normalized spacial score (nSPS) is 37.0. The second-order valence-corrected chi connectivity index (χ2v) is 8.03. The smallest absolute Gasteiger partial charge is 0.283 e. The predicted octanol–water partition coefficient (Wildman–Crippen LogP) is 3.57. The van der Waals surface area contributed by atoms with Crippen LogP contribution in [0.25, 0.3) is 0 Å². The van der Waals surface area contributed by atoms with Crippen molar-refractivity contribution in [3.8, 4) is 0 Å². The first-order chi connectivity index (χ1) is 8.11. The molecule has 0 aromatic heterocycles. The Morgan fingerprint density at radius 2 is 1.56 bits per heavy atom. The Hall–Kier alpha value is -0.120. The van der Waals surface area contributed by atoms with Gasteiger partial charge in [0.05, 0.1) is 19.3 Å². The van der Waals surface area contributed by atoms with Gasteiger partial charge in [0.1, 0.15) is 0 Å². The third-order valence-corrected chi connectivity index (χ3v) is 3.80. The quantitative estimate of drug-likeness (QED) is 0.756. The zero-order valence-corrected chi connectivity index (χ0v) is 12.7. The van der Waals surface area contributed by atoms with Crippen LogP contribution in [-0.2, 0) is 14.2 Å². The Balaban J connectivity index is 2.05. The lowest BCUT2D eigenvalue weighted by Gasteiger charge is -2.53. The summed E-state index contributed by atoms with van der Waals surface area (Å²) in [4.78, 5) is 0. The third-order valence-electron chi connectivity index (χ3n) is 3.80. The largest absolute Gasteiger partial charge is 0.327 e. The van der Waals surface area contributed by atoms with Crippen molar-refractivity contribution in [3.05, 3.63) is 0 Å². The van der Waals surface area contributed by atoms with E-state index in [0.29, 0.717) is 5.92 Å². The van der Waals surface area contributed by atoms with Crippen molar-refractivity contribution < 1.29 is 14.2 Å². The van der Waals surface area contributed by atoms with Crippen molar-refractivity contribution in [1.82, 2.24) is 0 Å². The van der Waals surface area contributed by atoms with Gasteiger partial charge < -0.3 is 14.2 Å². The van der Waals surface area contributed by atoms with Gasteiger partial charge in [0.15, 0.2) is 0 Å². The van der Waals surface area contributed by atoms with Crippen molar-refractivity contribution in [2.75, 3.05) is 13.2 Å². The van der Waals surface area contributed by atoms with Crippen LogP contribution in [0.2, 0.25) is 0 Å². The van der Waals surface area contributed by atoms with E-state index in [2.05, 4.69) is 41.5 Å². The van der Waals surface area contributed by atoms with E-state index in [1.165, 1.54) is 0 Å². The number of fused-ring (bicyclic) bond motifs is 3. The summed E-state index contributed by atoms with van der Waals surface area (Å²) >= 11 is 0. The highest BCUT2D eigenvalue weighted by Gasteiger charge is 2.52. The summed E-state index contributed by atoms with van der Waals surface area (Å²) in [5.41, 5.74) is 0.418. The van der Waals surface area contributed by atoms with E-state index in [9.17, 15) is 0 Å². The highest BCUT2D eigenvalue weighted by molar-refractivity contribution is 4.90. The van der Waals surface area contributed by atoms with Gasteiger partial charge in [0.25, 0.3) is 5.97 Å². The molecule has 3 saturated heterocycles. The molecule has 0 spiro atoms. The van der Waals surface area contributed by atoms with Crippen molar-refractivity contribution >= 4 is 0 Å². The molecular formula is C15H28O3. The minimum absolute atomic E-state index is 0.144. The van der Waals surface area contributed by atoms with Gasteiger partial charge in [-0.05, 0) is 17.3 Å². The van der Waals surface area contributed by atoms with Crippen molar-refractivity contribution in [2.45, 2.75) is 66.5 Å². The lowest BCUT2D eigenvalue weighted by molar-refractivity contribution is -0.478. The zero-order chi connectivity index (χ0) is 13.6. The molecule has 18 heavy (non-hydrogen) atoms. The molecule has 3 heterocycles. The first-order valence-electron chi connectivity index (χ1n) is 7.07. The second-order valence-electron chi connectivity index (χ2n) is 8.03. The molecule has 0 aromatic rings. The van der Waals surface area contributed by atoms with Gasteiger partial charge in [-0.25, -0.2) is 0 Å². The monoisotopic (exact) mass is 256 g/mol. The minimum atomic E-state index is -0.778. The fourth-order valence-corrected chi connectivity index (χ4v) is 2.71. The molecule has 1 atom stereocenters. The van der Waals surface area contributed by atoms with E-state index in [-0.39, 0.29) is 16.9 Å². The van der Waals surface area contributed by atoms with Gasteiger partial charge >= 0.3 is 0 Å². The van der Waals surface area contributed by atoms with Crippen LogP contribution in [0.3, 0.4) is 0 Å². The molecule has 3 fully saturated rings. The molecule has 0 aliphatic carbocycles. The lowest BCUT2D eigenvalue weighted by Crippen LogP contribution is -2.61. The van der Waals surface area contributed by atoms with Crippen LogP contribution < -0.4 is 0 Å². The molecular weight excluding hydrogens is 228 g/mol. The SMILES string of the molecule is CC(C)(C)CCC12OCC(CO1)C(C(C)(C)C)O2. The summed E-state index contributed by atoms with van der Waals surface area (Å²) in [5.74, 6) is -0.401. The molecule has 3 aliphatic heterocycles. The van der Waals surface area contributed by atoms with Crippen LogP contribution in [-0.4, -0.2) is 25.3 Å². The van der Waals surface area contributed by atoms with E-state index < -0.39 is 5.97 Å². The first kappa shape index (κ1) is 14.3. The van der Waals surface area contributed by atoms with Crippen LogP contribution in [0, 0.1) is 16.7 Å². The molecule has 0 N–H and O–H groups in total. The van der Waals surface area contributed by atoms with Crippen LogP contribution in [0.4, 0.5) is 0 Å². The highest BCUT2D eigenvalue weighted by atomic mass is 16.9. The molecule has 3 aliphatic rings. The van der Waals surface area contributed by atoms with Gasteiger partial charge in [-0.1, -0.05) is 41.5 Å². The fourth-order valence-electron chi connectivity index (χ4n) is 2.71. The maximum absolute atomic E-state index is 6.19. The molecule has 2 bridgehead atoms. The molecule has 1 unspecified atom stereocenters. The van der Waals surface area contributed by atoms with Crippen molar-refractivity contribution in [2.24, 2.45) is 16.7 Å². The van der Waals surface area contributed by atoms with Gasteiger partial charge in [-0.3, -0.25) is 0 Å². The minimum Gasteiger partial charge on any atom is -0.327 e. The van der Waals surface area contributed by atoms with E-state index >= 15 is 0 Å². The molecule has 0 radical (unpaired) electrons.